The quantitative estimate of drug-likeness (QED) is 0.791. The Bertz CT molecular complexity index is 411. The highest BCUT2D eigenvalue weighted by Gasteiger charge is 2.26. The number of rotatable bonds is 1. The minimum atomic E-state index is 0.282. The smallest absolute Gasteiger partial charge is 0.218 e. The third-order valence-electron chi connectivity index (χ3n) is 3.62. The van der Waals surface area contributed by atoms with Gasteiger partial charge in [0.05, 0.1) is 6.61 Å². The van der Waals surface area contributed by atoms with Gasteiger partial charge in [0, 0.05) is 43.0 Å². The van der Waals surface area contributed by atoms with Crippen LogP contribution in [0.4, 0.5) is 5.69 Å². The molecule has 0 amide bonds. The molecule has 2 aliphatic heterocycles. The van der Waals surface area contributed by atoms with Crippen LogP contribution in [0.1, 0.15) is 18.9 Å². The summed E-state index contributed by atoms with van der Waals surface area (Å²) in [6.07, 6.45) is 3.93. The van der Waals surface area contributed by atoms with Gasteiger partial charge in [-0.2, -0.15) is 0 Å². The van der Waals surface area contributed by atoms with Gasteiger partial charge in [-0.3, -0.25) is 0 Å². The van der Waals surface area contributed by atoms with Crippen molar-refractivity contribution < 1.29 is 4.74 Å². The number of pyridine rings is 1. The van der Waals surface area contributed by atoms with Crippen LogP contribution in [0.3, 0.4) is 0 Å². The molecule has 4 nitrogen and oxygen atoms in total. The molecule has 1 aromatic rings. The summed E-state index contributed by atoms with van der Waals surface area (Å²) < 4.78 is 5.51. The molecule has 2 N–H and O–H groups in total. The summed E-state index contributed by atoms with van der Waals surface area (Å²) in [6.45, 7) is 5.06. The van der Waals surface area contributed by atoms with Crippen LogP contribution in [0.5, 0.6) is 5.88 Å². The molecular weight excluding hydrogens is 214 g/mol. The second-order valence-electron chi connectivity index (χ2n) is 5.22. The lowest BCUT2D eigenvalue weighted by atomic mass is 9.95. The van der Waals surface area contributed by atoms with Crippen molar-refractivity contribution in [1.82, 2.24) is 4.98 Å². The van der Waals surface area contributed by atoms with Crippen molar-refractivity contribution in [2.75, 3.05) is 24.6 Å². The summed E-state index contributed by atoms with van der Waals surface area (Å²) in [6, 6.07) is 2.38. The summed E-state index contributed by atoms with van der Waals surface area (Å²) in [7, 11) is 0. The first-order valence-electron chi connectivity index (χ1n) is 6.35. The van der Waals surface area contributed by atoms with Gasteiger partial charge in [0.1, 0.15) is 0 Å². The SMILES string of the molecule is C[C@@H]1C[C@H](N)CN(c2ccnc3c2CCO3)C1. The van der Waals surface area contributed by atoms with Gasteiger partial charge in [0.25, 0.3) is 0 Å². The zero-order valence-corrected chi connectivity index (χ0v) is 10.2. The number of nitrogens with two attached hydrogens (primary N) is 1. The molecule has 3 rings (SSSR count). The van der Waals surface area contributed by atoms with E-state index < -0.39 is 0 Å². The van der Waals surface area contributed by atoms with Gasteiger partial charge >= 0.3 is 0 Å². The molecule has 0 bridgehead atoms. The predicted octanol–water partition coefficient (Wildman–Crippen LogP) is 1.19. The minimum absolute atomic E-state index is 0.282. The molecule has 0 aromatic carbocycles. The molecule has 0 spiro atoms. The van der Waals surface area contributed by atoms with Crippen molar-refractivity contribution in [2.24, 2.45) is 11.7 Å². The van der Waals surface area contributed by atoms with Gasteiger partial charge in [-0.15, -0.1) is 0 Å². The summed E-state index contributed by atoms with van der Waals surface area (Å²) in [4.78, 5) is 6.67. The molecule has 1 fully saturated rings. The van der Waals surface area contributed by atoms with Crippen molar-refractivity contribution in [2.45, 2.75) is 25.8 Å². The van der Waals surface area contributed by atoms with Gasteiger partial charge in [-0.25, -0.2) is 4.98 Å². The predicted molar refractivity (Wildman–Crippen MR) is 67.4 cm³/mol. The monoisotopic (exact) mass is 233 g/mol. The summed E-state index contributed by atoms with van der Waals surface area (Å²) in [5, 5.41) is 0. The molecule has 1 saturated heterocycles. The van der Waals surface area contributed by atoms with Crippen LogP contribution in [0.25, 0.3) is 0 Å². The molecule has 3 heterocycles. The van der Waals surface area contributed by atoms with Crippen LogP contribution in [0, 0.1) is 5.92 Å². The summed E-state index contributed by atoms with van der Waals surface area (Å²) in [5.41, 5.74) is 8.64. The van der Waals surface area contributed by atoms with E-state index in [4.69, 9.17) is 10.5 Å². The van der Waals surface area contributed by atoms with Crippen LogP contribution < -0.4 is 15.4 Å². The van der Waals surface area contributed by atoms with Crippen molar-refractivity contribution in [3.8, 4) is 5.88 Å². The van der Waals surface area contributed by atoms with Crippen molar-refractivity contribution in [1.29, 1.82) is 0 Å². The van der Waals surface area contributed by atoms with Gasteiger partial charge in [-0.1, -0.05) is 6.92 Å². The molecule has 0 aliphatic carbocycles. The summed E-state index contributed by atoms with van der Waals surface area (Å²) >= 11 is 0. The van der Waals surface area contributed by atoms with Crippen molar-refractivity contribution in [3.05, 3.63) is 17.8 Å². The Balaban J connectivity index is 1.91. The second-order valence-corrected chi connectivity index (χ2v) is 5.22. The van der Waals surface area contributed by atoms with E-state index in [1.807, 2.05) is 6.20 Å². The van der Waals surface area contributed by atoms with E-state index in [1.54, 1.807) is 0 Å². The fourth-order valence-corrected chi connectivity index (χ4v) is 2.97. The van der Waals surface area contributed by atoms with Crippen LogP contribution in [-0.4, -0.2) is 30.7 Å². The third kappa shape index (κ3) is 1.97. The first-order valence-corrected chi connectivity index (χ1v) is 6.35. The van der Waals surface area contributed by atoms with Gasteiger partial charge in [0.2, 0.25) is 5.88 Å². The minimum Gasteiger partial charge on any atom is -0.477 e. The zero-order chi connectivity index (χ0) is 11.8. The molecule has 4 heteroatoms. The molecule has 0 saturated carbocycles. The number of nitrogens with zero attached hydrogens (tertiary/aromatic N) is 2. The average Bonchev–Trinajstić information content (AvgIpc) is 2.75. The van der Waals surface area contributed by atoms with E-state index in [2.05, 4.69) is 22.9 Å². The molecule has 0 unspecified atom stereocenters. The first-order chi connectivity index (χ1) is 8.24. The molecule has 2 aliphatic rings. The van der Waals surface area contributed by atoms with E-state index in [1.165, 1.54) is 11.3 Å². The van der Waals surface area contributed by atoms with Gasteiger partial charge in [0.15, 0.2) is 0 Å². The maximum atomic E-state index is 6.11. The standard InChI is InChI=1S/C13H19N3O/c1-9-6-10(14)8-16(7-9)12-2-4-15-13-11(12)3-5-17-13/h2,4,9-10H,3,5-8,14H2,1H3/t9-,10+/m1/s1. The Morgan fingerprint density at radius 1 is 1.47 bits per heavy atom. The van der Waals surface area contributed by atoms with E-state index in [0.29, 0.717) is 5.92 Å². The number of aromatic nitrogens is 1. The van der Waals surface area contributed by atoms with Crippen molar-refractivity contribution >= 4 is 5.69 Å². The second kappa shape index (κ2) is 4.18. The largest absolute Gasteiger partial charge is 0.477 e. The van der Waals surface area contributed by atoms with Crippen LogP contribution in [-0.2, 0) is 6.42 Å². The van der Waals surface area contributed by atoms with Crippen LogP contribution in [0.15, 0.2) is 12.3 Å². The average molecular weight is 233 g/mol. The number of fused-ring (bicyclic) bond motifs is 1. The Morgan fingerprint density at radius 3 is 3.18 bits per heavy atom. The lowest BCUT2D eigenvalue weighted by molar-refractivity contribution is 0.345. The Labute approximate surface area is 102 Å². The number of ether oxygens (including phenoxy) is 1. The molecule has 92 valence electrons. The van der Waals surface area contributed by atoms with Crippen LogP contribution >= 0.6 is 0 Å². The summed E-state index contributed by atoms with van der Waals surface area (Å²) in [5.74, 6) is 1.47. The molecule has 0 radical (unpaired) electrons. The molecule has 1 aromatic heterocycles. The third-order valence-corrected chi connectivity index (χ3v) is 3.62. The van der Waals surface area contributed by atoms with Gasteiger partial charge < -0.3 is 15.4 Å². The Hall–Kier alpha value is -1.29. The highest BCUT2D eigenvalue weighted by Crippen LogP contribution is 2.33. The maximum Gasteiger partial charge on any atom is 0.218 e. The Kier molecular flexibility index (Phi) is 2.67. The van der Waals surface area contributed by atoms with E-state index in [9.17, 15) is 0 Å². The normalized spacial score (nSPS) is 27.8. The van der Waals surface area contributed by atoms with Crippen molar-refractivity contribution in [3.63, 3.8) is 0 Å². The van der Waals surface area contributed by atoms with Crippen LogP contribution in [0.2, 0.25) is 0 Å². The van der Waals surface area contributed by atoms with E-state index >= 15 is 0 Å². The number of anilines is 1. The molecular formula is C13H19N3O. The number of piperidine rings is 1. The highest BCUT2D eigenvalue weighted by molar-refractivity contribution is 5.58. The zero-order valence-electron chi connectivity index (χ0n) is 10.2. The van der Waals surface area contributed by atoms with E-state index in [-0.39, 0.29) is 6.04 Å². The molecule has 17 heavy (non-hydrogen) atoms. The fourth-order valence-electron chi connectivity index (χ4n) is 2.97. The topological polar surface area (TPSA) is 51.4 Å². The Morgan fingerprint density at radius 2 is 2.35 bits per heavy atom. The van der Waals surface area contributed by atoms with Gasteiger partial charge in [-0.05, 0) is 18.4 Å². The first kappa shape index (κ1) is 10.8. The fraction of sp³-hybridized carbons (Fsp3) is 0.615. The lowest BCUT2D eigenvalue weighted by Crippen LogP contribution is -2.46. The lowest BCUT2D eigenvalue weighted by Gasteiger charge is -2.37. The highest BCUT2D eigenvalue weighted by atomic mass is 16.5. The number of hydrogen-bond acceptors (Lipinski definition) is 4. The molecule has 2 atom stereocenters. The maximum absolute atomic E-state index is 6.11. The number of hydrogen-bond donors (Lipinski definition) is 1. The van der Waals surface area contributed by atoms with E-state index in [0.717, 1.165) is 38.4 Å².